The third-order valence-electron chi connectivity index (χ3n) is 3.92. The highest BCUT2D eigenvalue weighted by Crippen LogP contribution is 2.29. The van der Waals surface area contributed by atoms with Crippen LogP contribution in [0.4, 0.5) is 0 Å². The van der Waals surface area contributed by atoms with Gasteiger partial charge in [-0.05, 0) is 12.0 Å². The SMILES string of the molecule is CCCCCC(=O)CC(=O)N[C@H]1C[C@@H](c2ccccc2)OC1=O. The lowest BCUT2D eigenvalue weighted by Crippen LogP contribution is -2.38. The number of hydrogen-bond donors (Lipinski definition) is 1. The molecule has 1 aliphatic heterocycles. The highest BCUT2D eigenvalue weighted by atomic mass is 16.6. The Morgan fingerprint density at radius 1 is 1.22 bits per heavy atom. The van der Waals surface area contributed by atoms with Crippen LogP contribution in [-0.4, -0.2) is 23.7 Å². The van der Waals surface area contributed by atoms with Crippen molar-refractivity contribution in [3.05, 3.63) is 35.9 Å². The molecule has 0 saturated carbocycles. The van der Waals surface area contributed by atoms with Crippen LogP contribution in [-0.2, 0) is 19.1 Å². The predicted octanol–water partition coefficient (Wildman–Crippen LogP) is 2.70. The molecule has 0 aromatic heterocycles. The molecule has 0 radical (unpaired) electrons. The number of carbonyl (C=O) groups excluding carboxylic acids is 3. The van der Waals surface area contributed by atoms with Crippen LogP contribution in [0.5, 0.6) is 0 Å². The molecule has 1 heterocycles. The van der Waals surface area contributed by atoms with Gasteiger partial charge in [-0.15, -0.1) is 0 Å². The van der Waals surface area contributed by atoms with E-state index in [1.54, 1.807) is 0 Å². The van der Waals surface area contributed by atoms with Crippen molar-refractivity contribution in [2.24, 2.45) is 0 Å². The van der Waals surface area contributed by atoms with E-state index in [0.29, 0.717) is 12.8 Å². The van der Waals surface area contributed by atoms with Gasteiger partial charge in [-0.2, -0.15) is 0 Å². The summed E-state index contributed by atoms with van der Waals surface area (Å²) in [5.74, 6) is -0.922. The van der Waals surface area contributed by atoms with E-state index in [4.69, 9.17) is 4.74 Å². The molecular formula is C18H23NO4. The number of amides is 1. The molecule has 2 rings (SSSR count). The van der Waals surface area contributed by atoms with Gasteiger partial charge in [0.1, 0.15) is 17.9 Å². The van der Waals surface area contributed by atoms with Crippen molar-refractivity contribution in [2.75, 3.05) is 0 Å². The fourth-order valence-electron chi connectivity index (χ4n) is 2.66. The van der Waals surface area contributed by atoms with E-state index in [9.17, 15) is 14.4 Å². The van der Waals surface area contributed by atoms with E-state index >= 15 is 0 Å². The molecule has 2 atom stereocenters. The summed E-state index contributed by atoms with van der Waals surface area (Å²) in [6.07, 6.45) is 3.15. The Kier molecular flexibility index (Phi) is 6.32. The van der Waals surface area contributed by atoms with E-state index < -0.39 is 17.9 Å². The second kappa shape index (κ2) is 8.46. The van der Waals surface area contributed by atoms with Crippen LogP contribution in [0.25, 0.3) is 0 Å². The Bertz CT molecular complexity index is 555. The topological polar surface area (TPSA) is 72.5 Å². The largest absolute Gasteiger partial charge is 0.456 e. The molecule has 1 aliphatic rings. The number of esters is 1. The third kappa shape index (κ3) is 5.20. The Labute approximate surface area is 136 Å². The van der Waals surface area contributed by atoms with Crippen LogP contribution < -0.4 is 5.32 Å². The molecule has 0 spiro atoms. The quantitative estimate of drug-likeness (QED) is 0.454. The van der Waals surface area contributed by atoms with E-state index in [1.165, 1.54) is 0 Å². The number of cyclic esters (lactones) is 1. The summed E-state index contributed by atoms with van der Waals surface area (Å²) < 4.78 is 5.31. The molecule has 0 bridgehead atoms. The lowest BCUT2D eigenvalue weighted by molar-refractivity contribution is -0.144. The Morgan fingerprint density at radius 2 is 1.96 bits per heavy atom. The Balaban J connectivity index is 1.80. The fourth-order valence-corrected chi connectivity index (χ4v) is 2.66. The number of ketones is 1. The summed E-state index contributed by atoms with van der Waals surface area (Å²) in [4.78, 5) is 35.5. The zero-order chi connectivity index (χ0) is 16.7. The van der Waals surface area contributed by atoms with Gasteiger partial charge in [-0.3, -0.25) is 9.59 Å². The minimum absolute atomic E-state index is 0.0816. The molecule has 1 aromatic rings. The first-order valence-corrected chi connectivity index (χ1v) is 8.16. The predicted molar refractivity (Wildman–Crippen MR) is 85.6 cm³/mol. The molecule has 0 unspecified atom stereocenters. The molecule has 5 nitrogen and oxygen atoms in total. The molecular weight excluding hydrogens is 294 g/mol. The zero-order valence-corrected chi connectivity index (χ0v) is 13.4. The Morgan fingerprint density at radius 3 is 2.65 bits per heavy atom. The number of unbranched alkanes of at least 4 members (excludes halogenated alkanes) is 2. The van der Waals surface area contributed by atoms with Gasteiger partial charge in [0.25, 0.3) is 0 Å². The van der Waals surface area contributed by atoms with Gasteiger partial charge < -0.3 is 10.1 Å². The van der Waals surface area contributed by atoms with Gasteiger partial charge in [-0.1, -0.05) is 50.1 Å². The molecule has 23 heavy (non-hydrogen) atoms. The van der Waals surface area contributed by atoms with Gasteiger partial charge in [0, 0.05) is 12.8 Å². The smallest absolute Gasteiger partial charge is 0.329 e. The number of ether oxygens (including phenoxy) is 1. The minimum Gasteiger partial charge on any atom is -0.456 e. The van der Waals surface area contributed by atoms with Gasteiger partial charge >= 0.3 is 5.97 Å². The van der Waals surface area contributed by atoms with Crippen LogP contribution in [0.3, 0.4) is 0 Å². The molecule has 1 saturated heterocycles. The summed E-state index contributed by atoms with van der Waals surface area (Å²) in [5, 5.41) is 2.62. The number of Topliss-reactive ketones (excluding diaryl/α,β-unsaturated/α-hetero) is 1. The average molecular weight is 317 g/mol. The summed E-state index contributed by atoms with van der Waals surface area (Å²) in [5.41, 5.74) is 0.910. The highest BCUT2D eigenvalue weighted by molar-refractivity contribution is 5.99. The second-order valence-corrected chi connectivity index (χ2v) is 5.86. The maximum atomic E-state index is 11.9. The van der Waals surface area contributed by atoms with Gasteiger partial charge in [-0.25, -0.2) is 4.79 Å². The molecule has 1 aromatic carbocycles. The van der Waals surface area contributed by atoms with Crippen LogP contribution in [0.15, 0.2) is 30.3 Å². The van der Waals surface area contributed by atoms with Crippen molar-refractivity contribution in [2.45, 2.75) is 57.6 Å². The monoisotopic (exact) mass is 317 g/mol. The first-order valence-electron chi connectivity index (χ1n) is 8.16. The van der Waals surface area contributed by atoms with Crippen LogP contribution >= 0.6 is 0 Å². The standard InChI is InChI=1S/C18H23NO4/c1-2-3-5-10-14(20)11-17(21)19-15-12-16(23-18(15)22)13-8-6-4-7-9-13/h4,6-9,15-16H,2-3,5,10-12H2,1H3,(H,19,21)/t15-,16-/m0/s1. The lowest BCUT2D eigenvalue weighted by Gasteiger charge is -2.09. The minimum atomic E-state index is -0.670. The van der Waals surface area contributed by atoms with Crippen LogP contribution in [0.2, 0.25) is 0 Å². The number of benzene rings is 1. The van der Waals surface area contributed by atoms with Crippen molar-refractivity contribution in [1.82, 2.24) is 5.32 Å². The lowest BCUT2D eigenvalue weighted by atomic mass is 10.0. The normalized spacial score (nSPS) is 20.1. The highest BCUT2D eigenvalue weighted by Gasteiger charge is 2.36. The molecule has 1 amide bonds. The molecule has 0 aliphatic carbocycles. The number of rotatable bonds is 8. The first-order chi connectivity index (χ1) is 11.1. The zero-order valence-electron chi connectivity index (χ0n) is 13.4. The maximum absolute atomic E-state index is 11.9. The number of hydrogen-bond acceptors (Lipinski definition) is 4. The summed E-state index contributed by atoms with van der Waals surface area (Å²) >= 11 is 0. The summed E-state index contributed by atoms with van der Waals surface area (Å²) in [6, 6.07) is 8.76. The fraction of sp³-hybridized carbons (Fsp3) is 0.500. The van der Waals surface area contributed by atoms with Crippen molar-refractivity contribution in [1.29, 1.82) is 0 Å². The summed E-state index contributed by atoms with van der Waals surface area (Å²) in [6.45, 7) is 2.06. The summed E-state index contributed by atoms with van der Waals surface area (Å²) in [7, 11) is 0. The average Bonchev–Trinajstić information content (AvgIpc) is 2.89. The first kappa shape index (κ1) is 17.2. The third-order valence-corrected chi connectivity index (χ3v) is 3.92. The molecule has 1 N–H and O–H groups in total. The Hall–Kier alpha value is -2.17. The maximum Gasteiger partial charge on any atom is 0.329 e. The number of nitrogens with one attached hydrogen (secondary N) is 1. The van der Waals surface area contributed by atoms with Crippen LogP contribution in [0.1, 0.15) is 57.1 Å². The van der Waals surface area contributed by atoms with Crippen molar-refractivity contribution < 1.29 is 19.1 Å². The number of carbonyl (C=O) groups is 3. The van der Waals surface area contributed by atoms with Gasteiger partial charge in [0.05, 0.1) is 6.42 Å². The molecule has 124 valence electrons. The van der Waals surface area contributed by atoms with E-state index in [-0.39, 0.29) is 18.3 Å². The van der Waals surface area contributed by atoms with Crippen molar-refractivity contribution in [3.8, 4) is 0 Å². The van der Waals surface area contributed by atoms with E-state index in [0.717, 1.165) is 24.8 Å². The van der Waals surface area contributed by atoms with E-state index in [1.807, 2.05) is 30.3 Å². The van der Waals surface area contributed by atoms with Crippen LogP contribution in [0, 0.1) is 0 Å². The molecule has 5 heteroatoms. The van der Waals surface area contributed by atoms with Gasteiger partial charge in [0.2, 0.25) is 5.91 Å². The van der Waals surface area contributed by atoms with E-state index in [2.05, 4.69) is 12.2 Å². The van der Waals surface area contributed by atoms with Gasteiger partial charge in [0.15, 0.2) is 0 Å². The molecule has 1 fully saturated rings. The van der Waals surface area contributed by atoms with Crippen molar-refractivity contribution in [3.63, 3.8) is 0 Å². The van der Waals surface area contributed by atoms with Crippen molar-refractivity contribution >= 4 is 17.7 Å². The second-order valence-electron chi connectivity index (χ2n) is 5.86.